The largest absolute Gasteiger partial charge is 0.272 e. The number of fused-ring (bicyclic) bond motifs is 2. The van der Waals surface area contributed by atoms with Crippen LogP contribution in [0.4, 0.5) is 0 Å². The van der Waals surface area contributed by atoms with Gasteiger partial charge in [0.05, 0.1) is 22.3 Å². The molecule has 2 aliphatic heterocycles. The molecular weight excluding hydrogens is 1910 g/mol. The van der Waals surface area contributed by atoms with Gasteiger partial charge in [0.25, 0.3) is 23.6 Å². The number of hydrogen-bond acceptors (Lipinski definition) is 4. The van der Waals surface area contributed by atoms with Crippen LogP contribution in [0, 0.1) is 0 Å². The van der Waals surface area contributed by atoms with Gasteiger partial charge in [-0.2, -0.15) is 0 Å². The summed E-state index contributed by atoms with van der Waals surface area (Å²) in [7, 11) is 0. The van der Waals surface area contributed by atoms with Crippen molar-refractivity contribution < 1.29 is 19.2 Å². The van der Waals surface area contributed by atoms with E-state index in [1.807, 2.05) is 0 Å². The third-order valence-electron chi connectivity index (χ3n) is 8.14. The van der Waals surface area contributed by atoms with Gasteiger partial charge in [0.15, 0.2) is 0 Å². The Morgan fingerprint density at radius 1 is 0.250 bits per heavy atom. The van der Waals surface area contributed by atoms with Crippen molar-refractivity contribution in [1.29, 1.82) is 0 Å². The Morgan fingerprint density at radius 3 is 0.607 bits per heavy atom. The Bertz CT molecular complexity index is 2150. The first-order chi connectivity index (χ1) is 26.0. The lowest BCUT2D eigenvalue weighted by atomic mass is 10.0. The Balaban J connectivity index is 0.000000224. The van der Waals surface area contributed by atoms with Gasteiger partial charge >= 0.3 is 0 Å². The molecule has 4 aromatic carbocycles. The highest BCUT2D eigenvalue weighted by atomic mass is 79.9. The second-order valence-corrected chi connectivity index (χ2v) is 25.4. The summed E-state index contributed by atoms with van der Waals surface area (Å²) in [5, 5.41) is 0. The summed E-state index contributed by atoms with van der Waals surface area (Å²) in [6.07, 6.45) is 1.70. The number of nitrogens with zero attached hydrogens (tertiary/aromatic N) is 2. The molecule has 2 heterocycles. The van der Waals surface area contributed by atoms with Crippen molar-refractivity contribution in [3.63, 3.8) is 0 Å². The summed E-state index contributed by atoms with van der Waals surface area (Å²) in [6, 6.07) is 0. The first-order valence-corrected chi connectivity index (χ1v) is 28.7. The van der Waals surface area contributed by atoms with Crippen LogP contribution in [0.2, 0.25) is 0 Å². The molecule has 0 saturated heterocycles. The molecular formula is C32H8Br18N2O4. The van der Waals surface area contributed by atoms with E-state index < -0.39 is 23.6 Å². The van der Waals surface area contributed by atoms with Crippen LogP contribution in [-0.4, -0.2) is 46.5 Å². The standard InChI is InChI=1S/C18H4Br8N2O4.C14H4Br10/c19-7-3-4(8(20)12(24)11(7)23)16(30)27(15(3)29)1-2-28-17(31)5-6(18(28)32)10(22)14(26)13(25)9(5)21;15-5-3(6(16)10(20)13(23)9(5)19)1-2-4-7(17)11(21)14(24)12(22)8(4)18/h1-2H2;1-2H2. The van der Waals surface area contributed by atoms with Crippen LogP contribution in [0.5, 0.6) is 0 Å². The van der Waals surface area contributed by atoms with E-state index in [0.717, 1.165) is 67.4 Å². The van der Waals surface area contributed by atoms with Crippen molar-refractivity contribution in [2.24, 2.45) is 0 Å². The van der Waals surface area contributed by atoms with Gasteiger partial charge < -0.3 is 0 Å². The van der Waals surface area contributed by atoms with E-state index in [4.69, 9.17) is 0 Å². The lowest BCUT2D eigenvalue weighted by Gasteiger charge is -2.19. The number of imide groups is 2. The quantitative estimate of drug-likeness (QED) is 0.110. The second-order valence-electron chi connectivity index (χ2n) is 11.1. The zero-order valence-electron chi connectivity index (χ0n) is 26.2. The molecule has 0 unspecified atom stereocenters. The Labute approximate surface area is 470 Å². The SMILES string of the molecule is Brc1c(Br)c(Br)c(CCc2c(Br)c(Br)c(Br)c(Br)c2Br)c(Br)c1Br.O=C1c2c(Br)c(Br)c(Br)c(Br)c2C(=O)N1CCN1C(=O)c2c(Br)c(Br)c(Br)c(Br)c2C1=O. The second kappa shape index (κ2) is 20.5. The van der Waals surface area contributed by atoms with Crippen molar-refractivity contribution in [3.8, 4) is 0 Å². The average Bonchev–Trinajstić information content (AvgIpc) is 3.57. The number of benzene rings is 4. The van der Waals surface area contributed by atoms with Crippen LogP contribution in [-0.2, 0) is 12.8 Å². The van der Waals surface area contributed by atoms with Crippen LogP contribution < -0.4 is 0 Å². The third kappa shape index (κ3) is 9.27. The fraction of sp³-hybridized carbons (Fsp3) is 0.125. The highest BCUT2D eigenvalue weighted by Gasteiger charge is 2.44. The minimum Gasteiger partial charge on any atom is -0.272 e. The van der Waals surface area contributed by atoms with Crippen LogP contribution in [0.15, 0.2) is 80.5 Å². The van der Waals surface area contributed by atoms with E-state index in [1.165, 1.54) is 11.1 Å². The number of hydrogen-bond donors (Lipinski definition) is 0. The smallest absolute Gasteiger partial charge is 0.262 e. The van der Waals surface area contributed by atoms with Gasteiger partial charge in [-0.05, 0) is 311 Å². The van der Waals surface area contributed by atoms with Crippen LogP contribution in [0.25, 0.3) is 0 Å². The van der Waals surface area contributed by atoms with E-state index in [1.54, 1.807) is 0 Å². The number of rotatable bonds is 6. The van der Waals surface area contributed by atoms with Gasteiger partial charge in [-0.1, -0.05) is 0 Å². The third-order valence-corrected chi connectivity index (χ3v) is 30.2. The molecule has 4 aromatic rings. The topological polar surface area (TPSA) is 74.8 Å². The average molecular weight is 1920 g/mol. The predicted molar refractivity (Wildman–Crippen MR) is 283 cm³/mol. The molecule has 0 fully saturated rings. The molecule has 296 valence electrons. The molecule has 0 atom stereocenters. The van der Waals surface area contributed by atoms with Gasteiger partial charge in [0.1, 0.15) is 0 Å². The molecule has 6 rings (SSSR count). The molecule has 0 saturated carbocycles. The molecule has 0 aliphatic carbocycles. The monoisotopic (exact) mass is 1900 g/mol. The molecule has 0 N–H and O–H groups in total. The molecule has 6 nitrogen and oxygen atoms in total. The van der Waals surface area contributed by atoms with Crippen molar-refractivity contribution in [2.45, 2.75) is 12.8 Å². The number of carbonyl (C=O) groups is 4. The van der Waals surface area contributed by atoms with Gasteiger partial charge in [0.2, 0.25) is 0 Å². The zero-order chi connectivity index (χ0) is 42.1. The molecule has 2 aliphatic rings. The van der Waals surface area contributed by atoms with Gasteiger partial charge in [-0.25, -0.2) is 0 Å². The molecule has 0 bridgehead atoms. The van der Waals surface area contributed by atoms with E-state index in [9.17, 15) is 19.2 Å². The number of carbonyl (C=O) groups excluding carboxylic acids is 4. The minimum absolute atomic E-state index is 0.149. The van der Waals surface area contributed by atoms with Crippen molar-refractivity contribution in [3.05, 3.63) is 114 Å². The van der Waals surface area contributed by atoms with Crippen molar-refractivity contribution in [1.82, 2.24) is 9.80 Å². The zero-order valence-corrected chi connectivity index (χ0v) is 54.7. The Kier molecular flexibility index (Phi) is 18.6. The number of amides is 4. The summed E-state index contributed by atoms with van der Waals surface area (Å²) in [4.78, 5) is 54.2. The summed E-state index contributed by atoms with van der Waals surface area (Å²) < 4.78 is 14.1. The molecule has 0 radical (unpaired) electrons. The van der Waals surface area contributed by atoms with E-state index in [-0.39, 0.29) is 35.3 Å². The highest BCUT2D eigenvalue weighted by Crippen LogP contribution is 2.49. The fourth-order valence-electron chi connectivity index (χ4n) is 5.39. The highest BCUT2D eigenvalue weighted by molar-refractivity contribution is 9.17. The maximum Gasteiger partial charge on any atom is 0.262 e. The van der Waals surface area contributed by atoms with Gasteiger partial charge in [-0.3, -0.25) is 29.0 Å². The predicted octanol–water partition coefficient (Wildman–Crippen LogP) is 18.8. The normalized spacial score (nSPS) is 13.5. The van der Waals surface area contributed by atoms with Gasteiger partial charge in [-0.15, -0.1) is 0 Å². The fourth-order valence-corrected chi connectivity index (χ4v) is 17.4. The van der Waals surface area contributed by atoms with Crippen LogP contribution >= 0.6 is 287 Å². The molecule has 0 spiro atoms. The molecule has 4 amide bonds. The molecule has 56 heavy (non-hydrogen) atoms. The van der Waals surface area contributed by atoms with Crippen LogP contribution in [0.1, 0.15) is 52.6 Å². The van der Waals surface area contributed by atoms with E-state index in [0.29, 0.717) is 35.8 Å². The molecule has 24 heteroatoms. The lowest BCUT2D eigenvalue weighted by Crippen LogP contribution is -2.40. The maximum atomic E-state index is 13.0. The Hall–Kier alpha value is 3.80. The first kappa shape index (κ1) is 50.8. The van der Waals surface area contributed by atoms with Gasteiger partial charge in [0, 0.05) is 93.6 Å². The first-order valence-electron chi connectivity index (χ1n) is 14.5. The number of halogens is 18. The lowest BCUT2D eigenvalue weighted by molar-refractivity contribution is 0.0560. The van der Waals surface area contributed by atoms with E-state index in [2.05, 4.69) is 287 Å². The Morgan fingerprint density at radius 2 is 0.411 bits per heavy atom. The van der Waals surface area contributed by atoms with Crippen molar-refractivity contribution >= 4 is 310 Å². The summed E-state index contributed by atoms with van der Waals surface area (Å²) in [5.41, 5.74) is 3.20. The minimum atomic E-state index is -0.518. The summed E-state index contributed by atoms with van der Waals surface area (Å²) in [5.74, 6) is -2.07. The maximum absolute atomic E-state index is 13.0. The molecule has 0 aromatic heterocycles. The van der Waals surface area contributed by atoms with E-state index >= 15 is 0 Å². The van der Waals surface area contributed by atoms with Crippen molar-refractivity contribution in [2.75, 3.05) is 13.1 Å². The van der Waals surface area contributed by atoms with Crippen LogP contribution in [0.3, 0.4) is 0 Å². The summed E-state index contributed by atoms with van der Waals surface area (Å²) >= 11 is 63.4. The summed E-state index contributed by atoms with van der Waals surface area (Å²) in [6.45, 7) is -0.299.